The van der Waals surface area contributed by atoms with Crippen LogP contribution in [0.5, 0.6) is 5.75 Å². The van der Waals surface area contributed by atoms with E-state index in [0.29, 0.717) is 5.56 Å². The van der Waals surface area contributed by atoms with Crippen molar-refractivity contribution in [2.75, 3.05) is 7.05 Å². The smallest absolute Gasteiger partial charge is 0.387 e. The second-order valence-electron chi connectivity index (χ2n) is 5.11. The van der Waals surface area contributed by atoms with Crippen LogP contribution in [-0.4, -0.2) is 29.4 Å². The molecule has 0 radical (unpaired) electrons. The van der Waals surface area contributed by atoms with Gasteiger partial charge in [-0.05, 0) is 45.8 Å². The van der Waals surface area contributed by atoms with Crippen LogP contribution in [0.25, 0.3) is 0 Å². The van der Waals surface area contributed by atoms with Crippen molar-refractivity contribution in [3.63, 3.8) is 0 Å². The van der Waals surface area contributed by atoms with E-state index in [2.05, 4.69) is 20.7 Å². The second kappa shape index (κ2) is 8.02. The average Bonchev–Trinajstić information content (AvgIpc) is 2.55. The molecule has 0 aliphatic carbocycles. The highest BCUT2D eigenvalue weighted by molar-refractivity contribution is 9.10. The second-order valence-corrected chi connectivity index (χ2v) is 5.96. The third-order valence-electron chi connectivity index (χ3n) is 3.30. The van der Waals surface area contributed by atoms with Gasteiger partial charge in [0.05, 0.1) is 9.40 Å². The lowest BCUT2D eigenvalue weighted by molar-refractivity contribution is -0.385. The number of halogens is 3. The van der Waals surface area contributed by atoms with Gasteiger partial charge >= 0.3 is 6.61 Å². The van der Waals surface area contributed by atoms with E-state index in [0.717, 1.165) is 0 Å². The van der Waals surface area contributed by atoms with Crippen LogP contribution in [0.4, 0.5) is 14.5 Å². The molecule has 2 rings (SSSR count). The Labute approximate surface area is 150 Å². The van der Waals surface area contributed by atoms with Crippen molar-refractivity contribution < 1.29 is 23.2 Å². The van der Waals surface area contributed by atoms with Crippen LogP contribution in [-0.2, 0) is 6.54 Å². The van der Waals surface area contributed by atoms with Crippen molar-refractivity contribution in [3.8, 4) is 5.75 Å². The number of hydrogen-bond acceptors (Lipinski definition) is 4. The number of nitro benzene ring substituents is 1. The van der Waals surface area contributed by atoms with E-state index in [4.69, 9.17) is 0 Å². The van der Waals surface area contributed by atoms with Gasteiger partial charge in [-0.2, -0.15) is 8.78 Å². The molecule has 1 amide bonds. The summed E-state index contributed by atoms with van der Waals surface area (Å²) in [7, 11) is 1.54. The van der Waals surface area contributed by atoms with Crippen molar-refractivity contribution in [1.29, 1.82) is 0 Å². The molecule has 0 aliphatic rings. The van der Waals surface area contributed by atoms with Gasteiger partial charge in [0.2, 0.25) is 0 Å². The number of rotatable bonds is 6. The van der Waals surface area contributed by atoms with Gasteiger partial charge in [0, 0.05) is 25.2 Å². The van der Waals surface area contributed by atoms with Crippen LogP contribution in [0.3, 0.4) is 0 Å². The summed E-state index contributed by atoms with van der Waals surface area (Å²) >= 11 is 3.06. The number of ether oxygens (including phenoxy) is 1. The minimum absolute atomic E-state index is 0.0243. The molecule has 0 aromatic heterocycles. The number of nitro groups is 1. The predicted molar refractivity (Wildman–Crippen MR) is 89.7 cm³/mol. The van der Waals surface area contributed by atoms with Gasteiger partial charge in [0.15, 0.2) is 0 Å². The molecule has 0 saturated carbocycles. The number of carbonyl (C=O) groups is 1. The summed E-state index contributed by atoms with van der Waals surface area (Å²) in [5.74, 6) is -0.375. The summed E-state index contributed by atoms with van der Waals surface area (Å²) in [6, 6.07) is 10.00. The number of carbonyl (C=O) groups excluding carboxylic acids is 1. The van der Waals surface area contributed by atoms with E-state index in [1.54, 1.807) is 19.2 Å². The lowest BCUT2D eigenvalue weighted by Gasteiger charge is -2.17. The normalized spacial score (nSPS) is 10.6. The van der Waals surface area contributed by atoms with E-state index < -0.39 is 17.4 Å². The van der Waals surface area contributed by atoms with Crippen molar-refractivity contribution in [2.45, 2.75) is 13.2 Å². The lowest BCUT2D eigenvalue weighted by Crippen LogP contribution is -2.26. The standard InChI is InChI=1S/C16H13BrF2N2O4/c1-20(9-10-2-5-12(6-3-10)25-16(18)19)15(22)11-4-7-13(17)14(8-11)21(23)24/h2-8,16H,9H2,1H3. The SMILES string of the molecule is CN(Cc1ccc(OC(F)F)cc1)C(=O)c1ccc(Br)c([N+](=O)[O-])c1. The molecule has 0 heterocycles. The first kappa shape index (κ1) is 18.8. The topological polar surface area (TPSA) is 72.7 Å². The van der Waals surface area contributed by atoms with E-state index in [1.165, 1.54) is 35.2 Å². The number of amides is 1. The summed E-state index contributed by atoms with van der Waals surface area (Å²) in [5, 5.41) is 11.0. The third-order valence-corrected chi connectivity index (χ3v) is 3.98. The van der Waals surface area contributed by atoms with Gasteiger partial charge in [-0.25, -0.2) is 0 Å². The lowest BCUT2D eigenvalue weighted by atomic mass is 10.1. The maximum atomic E-state index is 12.4. The molecule has 0 bridgehead atoms. The Hall–Kier alpha value is -2.55. The highest BCUT2D eigenvalue weighted by Crippen LogP contribution is 2.26. The molecule has 2 aromatic rings. The molecular weight excluding hydrogens is 402 g/mol. The van der Waals surface area contributed by atoms with Crippen LogP contribution < -0.4 is 4.74 Å². The van der Waals surface area contributed by atoms with Gasteiger partial charge in [-0.3, -0.25) is 14.9 Å². The first-order valence-corrected chi connectivity index (χ1v) is 7.80. The molecule has 0 fully saturated rings. The molecule has 9 heteroatoms. The zero-order chi connectivity index (χ0) is 18.6. The molecule has 0 atom stereocenters. The van der Waals surface area contributed by atoms with Gasteiger partial charge in [-0.15, -0.1) is 0 Å². The predicted octanol–water partition coefficient (Wildman–Crippen LogP) is 4.23. The molecule has 0 N–H and O–H groups in total. The van der Waals surface area contributed by atoms with E-state index in [9.17, 15) is 23.7 Å². The molecule has 0 unspecified atom stereocenters. The van der Waals surface area contributed by atoms with Crippen molar-refractivity contribution in [2.24, 2.45) is 0 Å². The summed E-state index contributed by atoms with van der Waals surface area (Å²) in [4.78, 5) is 24.2. The fraction of sp³-hybridized carbons (Fsp3) is 0.188. The van der Waals surface area contributed by atoms with Crippen molar-refractivity contribution >= 4 is 27.5 Å². The first-order valence-electron chi connectivity index (χ1n) is 7.01. The average molecular weight is 415 g/mol. The van der Waals surface area contributed by atoms with Gasteiger partial charge in [0.25, 0.3) is 11.6 Å². The van der Waals surface area contributed by atoms with Gasteiger partial charge in [0.1, 0.15) is 5.75 Å². The Balaban J connectivity index is 2.10. The van der Waals surface area contributed by atoms with Crippen LogP contribution in [0.1, 0.15) is 15.9 Å². The van der Waals surface area contributed by atoms with Crippen molar-refractivity contribution in [3.05, 3.63) is 68.2 Å². The maximum absolute atomic E-state index is 12.4. The Bertz CT molecular complexity index is 784. The zero-order valence-corrected chi connectivity index (χ0v) is 14.6. The van der Waals surface area contributed by atoms with E-state index >= 15 is 0 Å². The fourth-order valence-corrected chi connectivity index (χ4v) is 2.52. The largest absolute Gasteiger partial charge is 0.435 e. The molecule has 0 aliphatic heterocycles. The number of nitrogens with zero attached hydrogens (tertiary/aromatic N) is 2. The molecule has 0 spiro atoms. The summed E-state index contributed by atoms with van der Waals surface area (Å²) in [5.41, 5.74) is 0.673. The van der Waals surface area contributed by atoms with Crippen LogP contribution in [0.2, 0.25) is 0 Å². The monoisotopic (exact) mass is 414 g/mol. The van der Waals surface area contributed by atoms with Crippen molar-refractivity contribution in [1.82, 2.24) is 4.90 Å². The Morgan fingerprint density at radius 2 is 1.92 bits per heavy atom. The summed E-state index contributed by atoms with van der Waals surface area (Å²) in [6.07, 6.45) is 0. The van der Waals surface area contributed by atoms with Crippen LogP contribution in [0.15, 0.2) is 46.9 Å². The Kier molecular flexibility index (Phi) is 6.02. The third kappa shape index (κ3) is 4.96. The molecule has 0 saturated heterocycles. The Morgan fingerprint density at radius 3 is 2.48 bits per heavy atom. The maximum Gasteiger partial charge on any atom is 0.387 e. The molecule has 2 aromatic carbocycles. The van der Waals surface area contributed by atoms with Crippen LogP contribution >= 0.6 is 15.9 Å². The van der Waals surface area contributed by atoms with Gasteiger partial charge in [-0.1, -0.05) is 12.1 Å². The molecular formula is C16H13BrF2N2O4. The summed E-state index contributed by atoms with van der Waals surface area (Å²) in [6.45, 7) is -2.69. The first-order chi connectivity index (χ1) is 11.8. The Morgan fingerprint density at radius 1 is 1.28 bits per heavy atom. The fourth-order valence-electron chi connectivity index (χ4n) is 2.13. The zero-order valence-electron chi connectivity index (χ0n) is 13.0. The summed E-state index contributed by atoms with van der Waals surface area (Å²) < 4.78 is 28.8. The number of hydrogen-bond donors (Lipinski definition) is 0. The highest BCUT2D eigenvalue weighted by atomic mass is 79.9. The highest BCUT2D eigenvalue weighted by Gasteiger charge is 2.18. The minimum Gasteiger partial charge on any atom is -0.435 e. The molecule has 132 valence electrons. The minimum atomic E-state index is -2.90. The van der Waals surface area contributed by atoms with E-state index in [1.807, 2.05) is 0 Å². The van der Waals surface area contributed by atoms with Crippen LogP contribution in [0, 0.1) is 10.1 Å². The quantitative estimate of drug-likeness (QED) is 0.523. The molecule has 6 nitrogen and oxygen atoms in total. The number of alkyl halides is 2. The number of benzene rings is 2. The van der Waals surface area contributed by atoms with Gasteiger partial charge < -0.3 is 9.64 Å². The van der Waals surface area contributed by atoms with E-state index in [-0.39, 0.29) is 28.0 Å². The molecule has 25 heavy (non-hydrogen) atoms.